The molecule has 80 valence electrons. The minimum atomic E-state index is -3.35. The molecule has 0 bridgehead atoms. The van der Waals surface area contributed by atoms with Gasteiger partial charge in [-0.3, -0.25) is 0 Å². The zero-order chi connectivity index (χ0) is 10.5. The second-order valence-corrected chi connectivity index (χ2v) is 5.25. The van der Waals surface area contributed by atoms with Gasteiger partial charge in [-0.25, -0.2) is 13.1 Å². The van der Waals surface area contributed by atoms with Gasteiger partial charge >= 0.3 is 0 Å². The zero-order valence-electron chi connectivity index (χ0n) is 8.20. The Bertz CT molecular complexity index is 235. The van der Waals surface area contributed by atoms with E-state index in [1.807, 2.05) is 0 Å². The molecule has 6 heteroatoms. The van der Waals surface area contributed by atoms with Crippen molar-refractivity contribution in [2.24, 2.45) is 0 Å². The molecular formula is C7H17NO4S. The predicted octanol–water partition coefficient (Wildman–Crippen LogP) is -0.677. The monoisotopic (exact) mass is 211 g/mol. The Kier molecular flexibility index (Phi) is 4.83. The lowest BCUT2D eigenvalue weighted by Crippen LogP contribution is -2.41. The SMILES string of the molecule is COC(C)(C)CNS(=O)(=O)CCO. The fraction of sp³-hybridized carbons (Fsp3) is 1.00. The van der Waals surface area contributed by atoms with Crippen LogP contribution in [0.2, 0.25) is 0 Å². The summed E-state index contributed by atoms with van der Waals surface area (Å²) in [6.07, 6.45) is 0. The molecule has 0 aliphatic carbocycles. The van der Waals surface area contributed by atoms with Crippen LogP contribution in [0.25, 0.3) is 0 Å². The molecule has 0 saturated heterocycles. The molecule has 5 nitrogen and oxygen atoms in total. The summed E-state index contributed by atoms with van der Waals surface area (Å²) in [6.45, 7) is 3.37. The molecule has 0 aliphatic rings. The van der Waals surface area contributed by atoms with Crippen LogP contribution < -0.4 is 4.72 Å². The van der Waals surface area contributed by atoms with Crippen LogP contribution in [0.3, 0.4) is 0 Å². The maximum atomic E-state index is 11.1. The fourth-order valence-corrected chi connectivity index (χ4v) is 1.50. The minimum Gasteiger partial charge on any atom is -0.395 e. The molecule has 0 spiro atoms. The highest BCUT2D eigenvalue weighted by molar-refractivity contribution is 7.89. The van der Waals surface area contributed by atoms with E-state index in [4.69, 9.17) is 9.84 Å². The van der Waals surface area contributed by atoms with Gasteiger partial charge in [-0.1, -0.05) is 0 Å². The predicted molar refractivity (Wildman–Crippen MR) is 50.0 cm³/mol. The van der Waals surface area contributed by atoms with Crippen molar-refractivity contribution in [2.75, 3.05) is 26.0 Å². The molecule has 0 aliphatic heterocycles. The third-order valence-electron chi connectivity index (χ3n) is 1.63. The van der Waals surface area contributed by atoms with Crippen molar-refractivity contribution < 1.29 is 18.3 Å². The first-order valence-corrected chi connectivity index (χ1v) is 5.61. The largest absolute Gasteiger partial charge is 0.395 e. The highest BCUT2D eigenvalue weighted by Crippen LogP contribution is 2.05. The van der Waals surface area contributed by atoms with Crippen LogP contribution in [0, 0.1) is 0 Å². The molecule has 13 heavy (non-hydrogen) atoms. The highest BCUT2D eigenvalue weighted by Gasteiger charge is 2.19. The number of methoxy groups -OCH3 is 1. The topological polar surface area (TPSA) is 75.6 Å². The van der Waals surface area contributed by atoms with E-state index in [2.05, 4.69) is 4.72 Å². The van der Waals surface area contributed by atoms with E-state index in [0.29, 0.717) is 0 Å². The van der Waals surface area contributed by atoms with Gasteiger partial charge in [0.2, 0.25) is 10.0 Å². The van der Waals surface area contributed by atoms with Crippen molar-refractivity contribution in [2.45, 2.75) is 19.4 Å². The van der Waals surface area contributed by atoms with E-state index in [1.165, 1.54) is 7.11 Å². The molecule has 0 rings (SSSR count). The second kappa shape index (κ2) is 4.90. The highest BCUT2D eigenvalue weighted by atomic mass is 32.2. The minimum absolute atomic E-state index is 0.200. The number of nitrogens with one attached hydrogen (secondary N) is 1. The van der Waals surface area contributed by atoms with Crippen molar-refractivity contribution >= 4 is 10.0 Å². The van der Waals surface area contributed by atoms with Gasteiger partial charge < -0.3 is 9.84 Å². The number of aliphatic hydroxyl groups is 1. The number of hydrogen-bond acceptors (Lipinski definition) is 4. The van der Waals surface area contributed by atoms with Crippen molar-refractivity contribution in [3.8, 4) is 0 Å². The van der Waals surface area contributed by atoms with Crippen LogP contribution in [-0.2, 0) is 14.8 Å². The Labute approximate surface area is 79.1 Å². The standard InChI is InChI=1S/C7H17NO4S/c1-7(2,12-3)6-8-13(10,11)5-4-9/h8-9H,4-6H2,1-3H3. The summed E-state index contributed by atoms with van der Waals surface area (Å²) >= 11 is 0. The summed E-state index contributed by atoms with van der Waals surface area (Å²) in [5.41, 5.74) is -0.525. The molecular weight excluding hydrogens is 194 g/mol. The van der Waals surface area contributed by atoms with Crippen LogP contribution in [0.15, 0.2) is 0 Å². The Hall–Kier alpha value is -0.170. The quantitative estimate of drug-likeness (QED) is 0.610. The molecule has 0 fully saturated rings. The number of aliphatic hydroxyl groups excluding tert-OH is 1. The lowest BCUT2D eigenvalue weighted by molar-refractivity contribution is 0.0276. The third kappa shape index (κ3) is 5.98. The Morgan fingerprint density at radius 3 is 2.38 bits per heavy atom. The van der Waals surface area contributed by atoms with Crippen LogP contribution in [0.1, 0.15) is 13.8 Å². The third-order valence-corrected chi connectivity index (χ3v) is 2.93. The summed E-state index contributed by atoms with van der Waals surface area (Å²) in [4.78, 5) is 0. The average Bonchev–Trinajstić information content (AvgIpc) is 2.02. The maximum Gasteiger partial charge on any atom is 0.213 e. The van der Waals surface area contributed by atoms with E-state index in [1.54, 1.807) is 13.8 Å². The van der Waals surface area contributed by atoms with Gasteiger partial charge in [0.1, 0.15) is 0 Å². The van der Waals surface area contributed by atoms with E-state index in [0.717, 1.165) is 0 Å². The lowest BCUT2D eigenvalue weighted by Gasteiger charge is -2.22. The molecule has 0 aromatic heterocycles. The van der Waals surface area contributed by atoms with Gasteiger partial charge in [-0.05, 0) is 13.8 Å². The van der Waals surface area contributed by atoms with Crippen LogP contribution in [0.4, 0.5) is 0 Å². The summed E-state index contributed by atoms with van der Waals surface area (Å²) in [7, 11) is -1.84. The van der Waals surface area contributed by atoms with E-state index >= 15 is 0 Å². The molecule has 2 N–H and O–H groups in total. The number of sulfonamides is 1. The second-order valence-electron chi connectivity index (χ2n) is 3.33. The van der Waals surface area contributed by atoms with Crippen molar-refractivity contribution in [3.63, 3.8) is 0 Å². The number of ether oxygens (including phenoxy) is 1. The van der Waals surface area contributed by atoms with E-state index in [-0.39, 0.29) is 18.9 Å². The summed E-state index contributed by atoms with van der Waals surface area (Å²) in [6, 6.07) is 0. The van der Waals surface area contributed by atoms with Gasteiger partial charge in [0, 0.05) is 13.7 Å². The van der Waals surface area contributed by atoms with Gasteiger partial charge in [0.15, 0.2) is 0 Å². The first kappa shape index (κ1) is 12.8. The fourth-order valence-electron chi connectivity index (χ4n) is 0.548. The number of rotatable bonds is 6. The van der Waals surface area contributed by atoms with E-state index < -0.39 is 15.6 Å². The Morgan fingerprint density at radius 2 is 2.00 bits per heavy atom. The summed E-state index contributed by atoms with van der Waals surface area (Å²) in [5, 5.41) is 8.44. The van der Waals surface area contributed by atoms with Crippen molar-refractivity contribution in [1.82, 2.24) is 4.72 Å². The molecule has 0 saturated carbocycles. The Balaban J connectivity index is 4.02. The molecule has 0 aromatic rings. The normalized spacial score (nSPS) is 13.2. The smallest absolute Gasteiger partial charge is 0.213 e. The van der Waals surface area contributed by atoms with Crippen molar-refractivity contribution in [3.05, 3.63) is 0 Å². The van der Waals surface area contributed by atoms with E-state index in [9.17, 15) is 8.42 Å². The molecule has 0 unspecified atom stereocenters. The van der Waals surface area contributed by atoms with Gasteiger partial charge in [0.05, 0.1) is 18.0 Å². The molecule has 0 amide bonds. The Morgan fingerprint density at radius 1 is 1.46 bits per heavy atom. The molecule has 0 atom stereocenters. The van der Waals surface area contributed by atoms with Crippen LogP contribution in [-0.4, -0.2) is 45.1 Å². The van der Waals surface area contributed by atoms with Crippen LogP contribution >= 0.6 is 0 Å². The van der Waals surface area contributed by atoms with Crippen molar-refractivity contribution in [1.29, 1.82) is 0 Å². The molecule has 0 heterocycles. The molecule has 0 aromatic carbocycles. The lowest BCUT2D eigenvalue weighted by atomic mass is 10.1. The average molecular weight is 211 g/mol. The van der Waals surface area contributed by atoms with Crippen LogP contribution in [0.5, 0.6) is 0 Å². The number of hydrogen-bond donors (Lipinski definition) is 2. The van der Waals surface area contributed by atoms with Gasteiger partial charge in [-0.2, -0.15) is 0 Å². The summed E-state index contributed by atoms with van der Waals surface area (Å²) < 4.78 is 29.5. The first-order chi connectivity index (χ1) is 5.83. The van der Waals surface area contributed by atoms with Gasteiger partial charge in [-0.15, -0.1) is 0 Å². The zero-order valence-corrected chi connectivity index (χ0v) is 9.02. The summed E-state index contributed by atoms with van der Waals surface area (Å²) in [5.74, 6) is -0.271. The maximum absolute atomic E-state index is 11.1. The first-order valence-electron chi connectivity index (χ1n) is 3.96. The van der Waals surface area contributed by atoms with Gasteiger partial charge in [0.25, 0.3) is 0 Å². The molecule has 0 radical (unpaired) electrons.